The fourth-order valence-electron chi connectivity index (χ4n) is 2.10. The van der Waals surface area contributed by atoms with Gasteiger partial charge in [-0.05, 0) is 18.9 Å². The molecular formula is C10H16N2OS. The van der Waals surface area contributed by atoms with E-state index in [1.807, 2.05) is 11.7 Å². The fourth-order valence-corrected chi connectivity index (χ4v) is 2.72. The number of hydrogen-bond donors (Lipinski definition) is 1. The maximum absolute atomic E-state index is 9.28. The monoisotopic (exact) mass is 212 g/mol. The van der Waals surface area contributed by atoms with E-state index in [9.17, 15) is 5.11 Å². The van der Waals surface area contributed by atoms with Crippen LogP contribution in [0.3, 0.4) is 0 Å². The predicted octanol–water partition coefficient (Wildman–Crippen LogP) is 1.35. The molecule has 78 valence electrons. The van der Waals surface area contributed by atoms with Crippen molar-refractivity contribution in [2.45, 2.75) is 25.9 Å². The van der Waals surface area contributed by atoms with E-state index in [2.05, 4.69) is 16.8 Å². The van der Waals surface area contributed by atoms with Crippen molar-refractivity contribution >= 4 is 11.3 Å². The second-order valence-electron chi connectivity index (χ2n) is 3.95. The Kier molecular flexibility index (Phi) is 3.15. The summed E-state index contributed by atoms with van der Waals surface area (Å²) in [6, 6.07) is 0.345. The Bertz CT molecular complexity index is 276. The molecule has 0 bridgehead atoms. The smallest absolute Gasteiger partial charge is 0.0794 e. The number of aromatic nitrogens is 1. The van der Waals surface area contributed by atoms with E-state index in [0.717, 1.165) is 13.1 Å². The molecule has 1 aliphatic heterocycles. The molecule has 0 radical (unpaired) electrons. The molecule has 2 unspecified atom stereocenters. The van der Waals surface area contributed by atoms with Crippen LogP contribution in [-0.4, -0.2) is 34.2 Å². The van der Waals surface area contributed by atoms with Gasteiger partial charge in [-0.15, -0.1) is 11.3 Å². The Morgan fingerprint density at radius 3 is 3.21 bits per heavy atom. The van der Waals surface area contributed by atoms with Crippen molar-refractivity contribution in [3.63, 3.8) is 0 Å². The largest absolute Gasteiger partial charge is 0.395 e. The summed E-state index contributed by atoms with van der Waals surface area (Å²) in [7, 11) is 0. The lowest BCUT2D eigenvalue weighted by molar-refractivity contribution is 0.135. The number of aliphatic hydroxyl groups is 1. The quantitative estimate of drug-likeness (QED) is 0.821. The van der Waals surface area contributed by atoms with Gasteiger partial charge in [0.1, 0.15) is 0 Å². The van der Waals surface area contributed by atoms with Gasteiger partial charge in [0.05, 0.1) is 12.1 Å². The van der Waals surface area contributed by atoms with Gasteiger partial charge in [-0.3, -0.25) is 9.88 Å². The molecule has 0 spiro atoms. The highest BCUT2D eigenvalue weighted by Gasteiger charge is 2.30. The second kappa shape index (κ2) is 4.38. The molecule has 14 heavy (non-hydrogen) atoms. The van der Waals surface area contributed by atoms with Crippen LogP contribution in [0.4, 0.5) is 0 Å². The lowest BCUT2D eigenvalue weighted by Gasteiger charge is -2.24. The van der Waals surface area contributed by atoms with Crippen LogP contribution in [-0.2, 0) is 6.54 Å². The Morgan fingerprint density at radius 1 is 1.71 bits per heavy atom. The Balaban J connectivity index is 1.98. The molecule has 0 amide bonds. The van der Waals surface area contributed by atoms with Gasteiger partial charge in [-0.25, -0.2) is 0 Å². The highest BCUT2D eigenvalue weighted by Crippen LogP contribution is 2.25. The maximum atomic E-state index is 9.28. The number of thiazole rings is 1. The van der Waals surface area contributed by atoms with Crippen LogP contribution >= 0.6 is 11.3 Å². The summed E-state index contributed by atoms with van der Waals surface area (Å²) >= 11 is 1.69. The first-order valence-corrected chi connectivity index (χ1v) is 5.91. The SMILES string of the molecule is CC1CCN(Cc2cncs2)C1CO. The summed E-state index contributed by atoms with van der Waals surface area (Å²) in [4.78, 5) is 7.71. The van der Waals surface area contributed by atoms with E-state index in [1.165, 1.54) is 11.3 Å². The van der Waals surface area contributed by atoms with Crippen LogP contribution in [0.25, 0.3) is 0 Å². The van der Waals surface area contributed by atoms with Crippen molar-refractivity contribution < 1.29 is 5.11 Å². The molecule has 1 aromatic heterocycles. The first kappa shape index (κ1) is 10.1. The molecule has 3 nitrogen and oxygen atoms in total. The Morgan fingerprint density at radius 2 is 2.57 bits per heavy atom. The summed E-state index contributed by atoms with van der Waals surface area (Å²) in [5, 5.41) is 9.28. The molecular weight excluding hydrogens is 196 g/mol. The van der Waals surface area contributed by atoms with Crippen molar-refractivity contribution in [1.82, 2.24) is 9.88 Å². The molecule has 2 atom stereocenters. The summed E-state index contributed by atoms with van der Waals surface area (Å²) in [5.41, 5.74) is 1.86. The highest BCUT2D eigenvalue weighted by atomic mass is 32.1. The van der Waals surface area contributed by atoms with Gasteiger partial charge in [0, 0.05) is 23.7 Å². The molecule has 0 saturated carbocycles. The van der Waals surface area contributed by atoms with Gasteiger partial charge in [-0.2, -0.15) is 0 Å². The standard InChI is InChI=1S/C10H16N2OS/c1-8-2-3-12(10(8)6-13)5-9-4-11-7-14-9/h4,7-8,10,13H,2-3,5-6H2,1H3. The Labute approximate surface area is 88.4 Å². The number of hydrogen-bond acceptors (Lipinski definition) is 4. The Hall–Kier alpha value is -0.450. The van der Waals surface area contributed by atoms with E-state index in [4.69, 9.17) is 0 Å². The van der Waals surface area contributed by atoms with Crippen LogP contribution in [0.5, 0.6) is 0 Å². The number of aliphatic hydroxyl groups excluding tert-OH is 1. The predicted molar refractivity (Wildman–Crippen MR) is 57.2 cm³/mol. The van der Waals surface area contributed by atoms with Crippen LogP contribution in [0.2, 0.25) is 0 Å². The molecule has 0 aliphatic carbocycles. The zero-order valence-corrected chi connectivity index (χ0v) is 9.20. The first-order chi connectivity index (χ1) is 6.81. The third kappa shape index (κ3) is 1.97. The normalized spacial score (nSPS) is 28.4. The second-order valence-corrected chi connectivity index (χ2v) is 4.92. The third-order valence-electron chi connectivity index (χ3n) is 3.03. The van der Waals surface area contributed by atoms with Crippen LogP contribution < -0.4 is 0 Å². The maximum Gasteiger partial charge on any atom is 0.0794 e. The van der Waals surface area contributed by atoms with Crippen molar-refractivity contribution in [3.05, 3.63) is 16.6 Å². The van der Waals surface area contributed by atoms with Crippen molar-refractivity contribution in [2.24, 2.45) is 5.92 Å². The molecule has 2 rings (SSSR count). The highest BCUT2D eigenvalue weighted by molar-refractivity contribution is 7.09. The minimum absolute atomic E-state index is 0.278. The lowest BCUT2D eigenvalue weighted by Crippen LogP contribution is -2.34. The zero-order chi connectivity index (χ0) is 9.97. The van der Waals surface area contributed by atoms with E-state index in [1.54, 1.807) is 11.3 Å². The molecule has 1 fully saturated rings. The summed E-state index contributed by atoms with van der Waals surface area (Å²) in [5.74, 6) is 0.618. The number of nitrogens with zero attached hydrogens (tertiary/aromatic N) is 2. The van der Waals surface area contributed by atoms with Crippen molar-refractivity contribution in [3.8, 4) is 0 Å². The first-order valence-electron chi connectivity index (χ1n) is 5.03. The van der Waals surface area contributed by atoms with Crippen LogP contribution in [0.15, 0.2) is 11.7 Å². The molecule has 1 aromatic rings. The molecule has 1 saturated heterocycles. The minimum Gasteiger partial charge on any atom is -0.395 e. The summed E-state index contributed by atoms with van der Waals surface area (Å²) in [6.45, 7) is 4.54. The summed E-state index contributed by atoms with van der Waals surface area (Å²) in [6.07, 6.45) is 3.12. The molecule has 1 N–H and O–H groups in total. The number of likely N-dealkylation sites (tertiary alicyclic amines) is 1. The topological polar surface area (TPSA) is 36.4 Å². The van der Waals surface area contributed by atoms with Gasteiger partial charge in [0.15, 0.2) is 0 Å². The number of rotatable bonds is 3. The third-order valence-corrected chi connectivity index (χ3v) is 3.79. The van der Waals surface area contributed by atoms with Crippen molar-refractivity contribution in [1.29, 1.82) is 0 Å². The minimum atomic E-state index is 0.278. The van der Waals surface area contributed by atoms with E-state index >= 15 is 0 Å². The average Bonchev–Trinajstić information content (AvgIpc) is 2.77. The zero-order valence-electron chi connectivity index (χ0n) is 8.39. The molecule has 4 heteroatoms. The van der Waals surface area contributed by atoms with Gasteiger partial charge >= 0.3 is 0 Å². The van der Waals surface area contributed by atoms with Gasteiger partial charge in [0.2, 0.25) is 0 Å². The van der Waals surface area contributed by atoms with Gasteiger partial charge in [0.25, 0.3) is 0 Å². The molecule has 2 heterocycles. The van der Waals surface area contributed by atoms with Crippen LogP contribution in [0.1, 0.15) is 18.2 Å². The molecule has 0 aromatic carbocycles. The van der Waals surface area contributed by atoms with Crippen LogP contribution in [0, 0.1) is 5.92 Å². The van der Waals surface area contributed by atoms with Gasteiger partial charge < -0.3 is 5.11 Å². The average molecular weight is 212 g/mol. The lowest BCUT2D eigenvalue weighted by atomic mass is 10.0. The molecule has 1 aliphatic rings. The van der Waals surface area contributed by atoms with E-state index in [0.29, 0.717) is 12.0 Å². The van der Waals surface area contributed by atoms with Crippen molar-refractivity contribution in [2.75, 3.05) is 13.2 Å². The fraction of sp³-hybridized carbons (Fsp3) is 0.700. The van der Waals surface area contributed by atoms with Gasteiger partial charge in [-0.1, -0.05) is 6.92 Å². The summed E-state index contributed by atoms with van der Waals surface area (Å²) < 4.78 is 0. The van der Waals surface area contributed by atoms with E-state index < -0.39 is 0 Å². The van der Waals surface area contributed by atoms with E-state index in [-0.39, 0.29) is 6.61 Å².